The van der Waals surface area contributed by atoms with Gasteiger partial charge in [-0.2, -0.15) is 0 Å². The largest absolute Gasteiger partial charge is 0.370 e. The van der Waals surface area contributed by atoms with Crippen LogP contribution in [-0.2, 0) is 0 Å². The molecular formula is C14H24N4. The number of aryl methyl sites for hydroxylation is 1. The SMILES string of the molecule is Cc1nccc(NCC(C)CN2CCCCC2)n1. The summed E-state index contributed by atoms with van der Waals surface area (Å²) in [6.07, 6.45) is 5.94. The minimum Gasteiger partial charge on any atom is -0.370 e. The second kappa shape index (κ2) is 6.69. The molecule has 0 aromatic carbocycles. The number of piperidine rings is 1. The molecule has 1 fully saturated rings. The molecule has 0 bridgehead atoms. The number of nitrogens with one attached hydrogen (secondary N) is 1. The Morgan fingerprint density at radius 1 is 1.33 bits per heavy atom. The van der Waals surface area contributed by atoms with Crippen LogP contribution >= 0.6 is 0 Å². The van der Waals surface area contributed by atoms with Crippen molar-refractivity contribution in [3.05, 3.63) is 18.1 Å². The lowest BCUT2D eigenvalue weighted by molar-refractivity contribution is 0.204. The number of anilines is 1. The first-order chi connectivity index (χ1) is 8.74. The quantitative estimate of drug-likeness (QED) is 0.868. The Morgan fingerprint density at radius 2 is 2.11 bits per heavy atom. The molecule has 0 spiro atoms. The maximum atomic E-state index is 4.36. The number of aromatic nitrogens is 2. The minimum atomic E-state index is 0.651. The molecule has 4 heteroatoms. The molecule has 18 heavy (non-hydrogen) atoms. The zero-order chi connectivity index (χ0) is 12.8. The molecule has 0 radical (unpaired) electrons. The van der Waals surface area contributed by atoms with Crippen LogP contribution in [0, 0.1) is 12.8 Å². The number of hydrogen-bond donors (Lipinski definition) is 1. The van der Waals surface area contributed by atoms with Crippen LogP contribution in [-0.4, -0.2) is 41.0 Å². The first kappa shape index (κ1) is 13.3. The Balaban J connectivity index is 1.72. The molecule has 0 amide bonds. The van der Waals surface area contributed by atoms with Gasteiger partial charge in [0, 0.05) is 19.3 Å². The molecule has 1 atom stereocenters. The standard InChI is InChI=1S/C14H24N4/c1-12(11-18-8-4-3-5-9-18)10-16-14-6-7-15-13(2)17-14/h6-7,12H,3-5,8-11H2,1-2H3,(H,15,16,17). The molecule has 100 valence electrons. The zero-order valence-electron chi connectivity index (χ0n) is 11.5. The smallest absolute Gasteiger partial charge is 0.129 e. The average Bonchev–Trinajstić information content (AvgIpc) is 2.38. The molecule has 0 saturated carbocycles. The first-order valence-electron chi connectivity index (χ1n) is 7.00. The van der Waals surface area contributed by atoms with Gasteiger partial charge in [-0.05, 0) is 44.8 Å². The van der Waals surface area contributed by atoms with Crippen molar-refractivity contribution in [3.63, 3.8) is 0 Å². The van der Waals surface area contributed by atoms with Gasteiger partial charge in [0.25, 0.3) is 0 Å². The van der Waals surface area contributed by atoms with Gasteiger partial charge in [0.2, 0.25) is 0 Å². The van der Waals surface area contributed by atoms with Crippen LogP contribution in [0.4, 0.5) is 5.82 Å². The van der Waals surface area contributed by atoms with Crippen LogP contribution in [0.1, 0.15) is 32.0 Å². The Labute approximate surface area is 110 Å². The van der Waals surface area contributed by atoms with Crippen molar-refractivity contribution in [1.82, 2.24) is 14.9 Å². The van der Waals surface area contributed by atoms with Crippen molar-refractivity contribution in [1.29, 1.82) is 0 Å². The Morgan fingerprint density at radius 3 is 2.83 bits per heavy atom. The van der Waals surface area contributed by atoms with E-state index in [0.717, 1.165) is 18.2 Å². The molecule has 1 aromatic rings. The van der Waals surface area contributed by atoms with Crippen molar-refractivity contribution >= 4 is 5.82 Å². The lowest BCUT2D eigenvalue weighted by atomic mass is 10.1. The summed E-state index contributed by atoms with van der Waals surface area (Å²) >= 11 is 0. The van der Waals surface area contributed by atoms with E-state index in [4.69, 9.17) is 0 Å². The van der Waals surface area contributed by atoms with E-state index in [1.807, 2.05) is 13.0 Å². The molecular weight excluding hydrogens is 224 g/mol. The highest BCUT2D eigenvalue weighted by molar-refractivity contribution is 5.32. The highest BCUT2D eigenvalue weighted by atomic mass is 15.1. The van der Waals surface area contributed by atoms with Crippen LogP contribution in [0.3, 0.4) is 0 Å². The van der Waals surface area contributed by atoms with Gasteiger partial charge in [-0.15, -0.1) is 0 Å². The molecule has 0 aliphatic carbocycles. The highest BCUT2D eigenvalue weighted by Crippen LogP contribution is 2.11. The van der Waals surface area contributed by atoms with Crippen molar-refractivity contribution < 1.29 is 0 Å². The van der Waals surface area contributed by atoms with Crippen molar-refractivity contribution in [3.8, 4) is 0 Å². The van der Waals surface area contributed by atoms with Gasteiger partial charge in [-0.25, -0.2) is 9.97 Å². The molecule has 1 N–H and O–H groups in total. The number of rotatable bonds is 5. The maximum Gasteiger partial charge on any atom is 0.129 e. The average molecular weight is 248 g/mol. The summed E-state index contributed by atoms with van der Waals surface area (Å²) in [7, 11) is 0. The van der Waals surface area contributed by atoms with Crippen LogP contribution < -0.4 is 5.32 Å². The molecule has 1 aliphatic heterocycles. The van der Waals surface area contributed by atoms with Crippen molar-refractivity contribution in [2.75, 3.05) is 31.5 Å². The third-order valence-corrected chi connectivity index (χ3v) is 3.43. The van der Waals surface area contributed by atoms with Crippen molar-refractivity contribution in [2.24, 2.45) is 5.92 Å². The summed E-state index contributed by atoms with van der Waals surface area (Å²) in [5.74, 6) is 2.41. The molecule has 1 saturated heterocycles. The van der Waals surface area contributed by atoms with Crippen LogP contribution in [0.5, 0.6) is 0 Å². The molecule has 2 rings (SSSR count). The third-order valence-electron chi connectivity index (χ3n) is 3.43. The minimum absolute atomic E-state index is 0.651. The lowest BCUT2D eigenvalue weighted by Crippen LogP contribution is -2.35. The van der Waals surface area contributed by atoms with Crippen molar-refractivity contribution in [2.45, 2.75) is 33.1 Å². The highest BCUT2D eigenvalue weighted by Gasteiger charge is 2.13. The van der Waals surface area contributed by atoms with Gasteiger partial charge in [-0.3, -0.25) is 0 Å². The fourth-order valence-corrected chi connectivity index (χ4v) is 2.48. The number of likely N-dealkylation sites (tertiary alicyclic amines) is 1. The van der Waals surface area contributed by atoms with E-state index in [1.54, 1.807) is 6.20 Å². The lowest BCUT2D eigenvalue weighted by Gasteiger charge is -2.29. The van der Waals surface area contributed by atoms with E-state index in [9.17, 15) is 0 Å². The van der Waals surface area contributed by atoms with Gasteiger partial charge in [-0.1, -0.05) is 13.3 Å². The summed E-state index contributed by atoms with van der Waals surface area (Å²) in [6, 6.07) is 1.93. The summed E-state index contributed by atoms with van der Waals surface area (Å²) in [6.45, 7) is 8.94. The molecule has 1 aromatic heterocycles. The van der Waals surface area contributed by atoms with E-state index in [0.29, 0.717) is 5.92 Å². The molecule has 4 nitrogen and oxygen atoms in total. The van der Waals surface area contributed by atoms with E-state index >= 15 is 0 Å². The monoisotopic (exact) mass is 248 g/mol. The fourth-order valence-electron chi connectivity index (χ4n) is 2.48. The summed E-state index contributed by atoms with van der Waals surface area (Å²) in [5, 5.41) is 3.40. The first-order valence-corrected chi connectivity index (χ1v) is 7.00. The Kier molecular flexibility index (Phi) is 4.93. The number of hydrogen-bond acceptors (Lipinski definition) is 4. The maximum absolute atomic E-state index is 4.36. The zero-order valence-corrected chi connectivity index (χ0v) is 11.5. The van der Waals surface area contributed by atoms with Crippen LogP contribution in [0.25, 0.3) is 0 Å². The van der Waals surface area contributed by atoms with E-state index in [1.165, 1.54) is 38.9 Å². The van der Waals surface area contributed by atoms with E-state index < -0.39 is 0 Å². The van der Waals surface area contributed by atoms with Gasteiger partial charge in [0.1, 0.15) is 11.6 Å². The topological polar surface area (TPSA) is 41.1 Å². The summed E-state index contributed by atoms with van der Waals surface area (Å²) in [4.78, 5) is 11.0. The molecule has 1 unspecified atom stereocenters. The van der Waals surface area contributed by atoms with Crippen LogP contribution in [0.15, 0.2) is 12.3 Å². The molecule has 1 aliphatic rings. The predicted octanol–water partition coefficient (Wildman–Crippen LogP) is 2.32. The second-order valence-electron chi connectivity index (χ2n) is 5.34. The second-order valence-corrected chi connectivity index (χ2v) is 5.34. The van der Waals surface area contributed by atoms with Crippen LogP contribution in [0.2, 0.25) is 0 Å². The fraction of sp³-hybridized carbons (Fsp3) is 0.714. The summed E-state index contributed by atoms with van der Waals surface area (Å²) in [5.41, 5.74) is 0. The Hall–Kier alpha value is -1.16. The third kappa shape index (κ3) is 4.26. The number of nitrogens with zero attached hydrogens (tertiary/aromatic N) is 3. The summed E-state index contributed by atoms with van der Waals surface area (Å²) < 4.78 is 0. The van der Waals surface area contributed by atoms with Gasteiger partial charge < -0.3 is 10.2 Å². The normalized spacial score (nSPS) is 18.6. The predicted molar refractivity (Wildman–Crippen MR) is 74.7 cm³/mol. The van der Waals surface area contributed by atoms with E-state index in [2.05, 4.69) is 27.1 Å². The Bertz CT molecular complexity index is 361. The van der Waals surface area contributed by atoms with Gasteiger partial charge >= 0.3 is 0 Å². The molecule has 2 heterocycles. The van der Waals surface area contributed by atoms with Gasteiger partial charge in [0.15, 0.2) is 0 Å². The van der Waals surface area contributed by atoms with Gasteiger partial charge in [0.05, 0.1) is 0 Å². The van der Waals surface area contributed by atoms with E-state index in [-0.39, 0.29) is 0 Å².